The summed E-state index contributed by atoms with van der Waals surface area (Å²) in [5.74, 6) is 2.12. The van der Waals surface area contributed by atoms with E-state index in [1.54, 1.807) is 6.07 Å². The Bertz CT molecular complexity index is 749. The number of benzene rings is 1. The van der Waals surface area contributed by atoms with E-state index in [1.165, 1.54) is 38.5 Å². The van der Waals surface area contributed by atoms with Gasteiger partial charge in [-0.05, 0) is 63.1 Å². The highest BCUT2D eigenvalue weighted by Gasteiger charge is 2.24. The number of hydrogen-bond acceptors (Lipinski definition) is 5. The monoisotopic (exact) mass is 402 g/mol. The first-order valence-electron chi connectivity index (χ1n) is 10.6. The van der Waals surface area contributed by atoms with Gasteiger partial charge in [0.05, 0.1) is 17.0 Å². The van der Waals surface area contributed by atoms with Gasteiger partial charge in [-0.25, -0.2) is 9.38 Å². The second-order valence-electron chi connectivity index (χ2n) is 8.33. The number of anilines is 1. The second kappa shape index (κ2) is 8.87. The SMILES string of the molecule is C=C1NC(CSC2CCC(CN)CC2)=Nc2cc(NC3CCCC3)cc(F)c21. The molecular formula is C22H31FN4S. The van der Waals surface area contributed by atoms with Crippen LogP contribution in [-0.2, 0) is 0 Å². The quantitative estimate of drug-likeness (QED) is 0.624. The number of nitrogens with zero attached hydrogens (tertiary/aromatic N) is 1. The molecule has 1 aliphatic heterocycles. The van der Waals surface area contributed by atoms with E-state index in [2.05, 4.69) is 17.2 Å². The van der Waals surface area contributed by atoms with Gasteiger partial charge in [0.15, 0.2) is 0 Å². The highest BCUT2D eigenvalue weighted by atomic mass is 32.2. The predicted molar refractivity (Wildman–Crippen MR) is 119 cm³/mol. The van der Waals surface area contributed by atoms with E-state index in [9.17, 15) is 4.39 Å². The predicted octanol–water partition coefficient (Wildman–Crippen LogP) is 5.03. The molecule has 3 aliphatic rings. The van der Waals surface area contributed by atoms with Crippen LogP contribution >= 0.6 is 11.8 Å². The van der Waals surface area contributed by atoms with Gasteiger partial charge in [-0.3, -0.25) is 0 Å². The lowest BCUT2D eigenvalue weighted by Crippen LogP contribution is -2.29. The third-order valence-electron chi connectivity index (χ3n) is 6.23. The minimum absolute atomic E-state index is 0.258. The van der Waals surface area contributed by atoms with Crippen LogP contribution in [0.4, 0.5) is 15.8 Å². The van der Waals surface area contributed by atoms with Crippen LogP contribution in [0.2, 0.25) is 0 Å². The summed E-state index contributed by atoms with van der Waals surface area (Å²) in [6.07, 6.45) is 9.71. The zero-order valence-corrected chi connectivity index (χ0v) is 17.3. The molecule has 0 unspecified atom stereocenters. The number of amidine groups is 1. The Hall–Kier alpha value is -1.53. The Balaban J connectivity index is 1.43. The zero-order valence-electron chi connectivity index (χ0n) is 16.5. The molecule has 0 atom stereocenters. The first-order chi connectivity index (χ1) is 13.6. The van der Waals surface area contributed by atoms with Crippen LogP contribution in [-0.4, -0.2) is 29.4 Å². The van der Waals surface area contributed by atoms with Crippen LogP contribution in [0.3, 0.4) is 0 Å². The molecule has 0 bridgehead atoms. The summed E-state index contributed by atoms with van der Waals surface area (Å²) < 4.78 is 14.7. The highest BCUT2D eigenvalue weighted by Crippen LogP contribution is 2.36. The number of hydrogen-bond donors (Lipinski definition) is 3. The number of rotatable bonds is 6. The Morgan fingerprint density at radius 3 is 2.64 bits per heavy atom. The van der Waals surface area contributed by atoms with Crippen molar-refractivity contribution in [2.75, 3.05) is 17.6 Å². The third kappa shape index (κ3) is 4.54. The standard InChI is InChI=1S/C22H31FN4S/c1-14-22-19(23)10-17(26-16-4-2-3-5-16)11-20(22)27-21(25-14)13-28-18-8-6-15(12-24)7-9-18/h10-11,15-16,18,26H,1-9,12-13,24H2,(H,25,27). The lowest BCUT2D eigenvalue weighted by Gasteiger charge is -2.28. The van der Waals surface area contributed by atoms with Gasteiger partial charge in [0, 0.05) is 22.7 Å². The maximum atomic E-state index is 14.7. The Labute approximate surface area is 171 Å². The van der Waals surface area contributed by atoms with Crippen molar-refractivity contribution in [2.45, 2.75) is 62.7 Å². The minimum Gasteiger partial charge on any atom is -0.382 e. The Morgan fingerprint density at radius 2 is 1.93 bits per heavy atom. The van der Waals surface area contributed by atoms with Gasteiger partial charge in [0.2, 0.25) is 0 Å². The zero-order chi connectivity index (χ0) is 19.5. The summed E-state index contributed by atoms with van der Waals surface area (Å²) in [7, 11) is 0. The van der Waals surface area contributed by atoms with E-state index in [1.807, 2.05) is 17.8 Å². The van der Waals surface area contributed by atoms with E-state index in [0.29, 0.717) is 34.2 Å². The molecule has 0 spiro atoms. The summed E-state index contributed by atoms with van der Waals surface area (Å²) in [5, 5.41) is 7.36. The first kappa shape index (κ1) is 19.8. The van der Waals surface area contributed by atoms with Gasteiger partial charge >= 0.3 is 0 Å². The number of nitrogens with two attached hydrogens (primary N) is 1. The minimum atomic E-state index is -0.258. The summed E-state index contributed by atoms with van der Waals surface area (Å²) in [6, 6.07) is 4.00. The molecule has 2 saturated carbocycles. The molecule has 2 aliphatic carbocycles. The maximum Gasteiger partial charge on any atom is 0.136 e. The molecule has 1 aromatic rings. The average Bonchev–Trinajstić information content (AvgIpc) is 3.19. The van der Waals surface area contributed by atoms with Gasteiger partial charge in [0.1, 0.15) is 11.7 Å². The van der Waals surface area contributed by atoms with E-state index in [0.717, 1.165) is 36.7 Å². The lowest BCUT2D eigenvalue weighted by molar-refractivity contribution is 0.373. The van der Waals surface area contributed by atoms with Crippen molar-refractivity contribution < 1.29 is 4.39 Å². The van der Waals surface area contributed by atoms with Crippen LogP contribution in [0.5, 0.6) is 0 Å². The van der Waals surface area contributed by atoms with Crippen LogP contribution < -0.4 is 16.4 Å². The molecule has 28 heavy (non-hydrogen) atoms. The fourth-order valence-corrected chi connectivity index (χ4v) is 5.71. The van der Waals surface area contributed by atoms with Gasteiger partial charge in [-0.2, -0.15) is 11.8 Å². The molecule has 0 aromatic heterocycles. The molecule has 1 aromatic carbocycles. The molecule has 152 valence electrons. The van der Waals surface area contributed by atoms with Gasteiger partial charge < -0.3 is 16.4 Å². The number of aliphatic imine (C=N–C) groups is 1. The van der Waals surface area contributed by atoms with Crippen LogP contribution in [0.25, 0.3) is 5.70 Å². The largest absolute Gasteiger partial charge is 0.382 e. The molecule has 1 heterocycles. The van der Waals surface area contributed by atoms with Crippen molar-refractivity contribution >= 4 is 34.7 Å². The first-order valence-corrected chi connectivity index (χ1v) is 11.6. The summed E-state index contributed by atoms with van der Waals surface area (Å²) in [6.45, 7) is 4.85. The van der Waals surface area contributed by atoms with E-state index in [-0.39, 0.29) is 5.82 Å². The van der Waals surface area contributed by atoms with Gasteiger partial charge in [-0.1, -0.05) is 19.4 Å². The topological polar surface area (TPSA) is 62.4 Å². The van der Waals surface area contributed by atoms with Crippen molar-refractivity contribution in [3.05, 3.63) is 30.1 Å². The van der Waals surface area contributed by atoms with Crippen LogP contribution in [0.1, 0.15) is 56.9 Å². The second-order valence-corrected chi connectivity index (χ2v) is 9.62. The molecule has 0 amide bonds. The smallest absolute Gasteiger partial charge is 0.136 e. The van der Waals surface area contributed by atoms with E-state index < -0.39 is 0 Å². The van der Waals surface area contributed by atoms with E-state index >= 15 is 0 Å². The number of halogens is 1. The van der Waals surface area contributed by atoms with Crippen molar-refractivity contribution in [3.8, 4) is 0 Å². The number of thioether (sulfide) groups is 1. The molecule has 4 nitrogen and oxygen atoms in total. The molecule has 0 saturated heterocycles. The normalized spacial score (nSPS) is 25.2. The van der Waals surface area contributed by atoms with Crippen LogP contribution in [0.15, 0.2) is 23.7 Å². The van der Waals surface area contributed by atoms with Gasteiger partial charge in [0.25, 0.3) is 0 Å². The summed E-state index contributed by atoms with van der Waals surface area (Å²) in [4.78, 5) is 4.73. The van der Waals surface area contributed by atoms with Crippen molar-refractivity contribution in [1.82, 2.24) is 5.32 Å². The summed E-state index contributed by atoms with van der Waals surface area (Å²) in [5.41, 5.74) is 8.41. The average molecular weight is 403 g/mol. The fourth-order valence-electron chi connectivity index (χ4n) is 4.58. The maximum absolute atomic E-state index is 14.7. The number of nitrogens with one attached hydrogen (secondary N) is 2. The van der Waals surface area contributed by atoms with Crippen molar-refractivity contribution in [2.24, 2.45) is 16.6 Å². The summed E-state index contributed by atoms with van der Waals surface area (Å²) >= 11 is 1.94. The van der Waals surface area contributed by atoms with Gasteiger partial charge in [-0.15, -0.1) is 0 Å². The van der Waals surface area contributed by atoms with Crippen molar-refractivity contribution in [3.63, 3.8) is 0 Å². The molecule has 4 rings (SSSR count). The molecule has 2 fully saturated rings. The van der Waals surface area contributed by atoms with Crippen molar-refractivity contribution in [1.29, 1.82) is 0 Å². The lowest BCUT2D eigenvalue weighted by atomic mass is 9.89. The van der Waals surface area contributed by atoms with E-state index in [4.69, 9.17) is 10.7 Å². The highest BCUT2D eigenvalue weighted by molar-refractivity contribution is 8.00. The van der Waals surface area contributed by atoms with Crippen LogP contribution in [0, 0.1) is 11.7 Å². The molecule has 0 radical (unpaired) electrons. The Kier molecular flexibility index (Phi) is 6.26. The Morgan fingerprint density at radius 1 is 1.18 bits per heavy atom. The molecule has 4 N–H and O–H groups in total. The number of fused-ring (bicyclic) bond motifs is 1. The fraction of sp³-hybridized carbons (Fsp3) is 0.591. The molecule has 6 heteroatoms. The molecular weight excluding hydrogens is 371 g/mol. The third-order valence-corrected chi connectivity index (χ3v) is 7.61.